The van der Waals surface area contributed by atoms with Crippen molar-refractivity contribution in [1.29, 1.82) is 0 Å². The highest BCUT2D eigenvalue weighted by Gasteiger charge is 2.48. The first-order valence-electron chi connectivity index (χ1n) is 10.9. The molecule has 0 bridgehead atoms. The molecule has 35 heavy (non-hydrogen) atoms. The zero-order valence-electron chi connectivity index (χ0n) is 19.4. The summed E-state index contributed by atoms with van der Waals surface area (Å²) in [4.78, 5) is 27.9. The van der Waals surface area contributed by atoms with Crippen LogP contribution in [-0.4, -0.2) is 35.6 Å². The Kier molecular flexibility index (Phi) is 6.84. The molecule has 1 aliphatic rings. The maximum Gasteiger partial charge on any atom is 0.300 e. The van der Waals surface area contributed by atoms with Crippen LogP contribution >= 0.6 is 15.9 Å². The number of benzene rings is 3. The van der Waals surface area contributed by atoms with E-state index in [0.29, 0.717) is 29.2 Å². The van der Waals surface area contributed by atoms with Crippen LogP contribution in [-0.2, 0) is 9.59 Å². The van der Waals surface area contributed by atoms with Gasteiger partial charge in [-0.25, -0.2) is 0 Å². The number of aliphatic hydroxyl groups excluding tert-OH is 1. The van der Waals surface area contributed by atoms with Gasteiger partial charge in [-0.05, 0) is 61.4 Å². The lowest BCUT2D eigenvalue weighted by Crippen LogP contribution is -2.29. The highest BCUT2D eigenvalue weighted by Crippen LogP contribution is 2.46. The zero-order chi connectivity index (χ0) is 25.3. The average Bonchev–Trinajstić information content (AvgIpc) is 3.11. The number of ketones is 1. The van der Waals surface area contributed by atoms with E-state index in [9.17, 15) is 19.8 Å². The van der Waals surface area contributed by atoms with Gasteiger partial charge in [-0.3, -0.25) is 14.5 Å². The monoisotopic (exact) mass is 537 g/mol. The van der Waals surface area contributed by atoms with Gasteiger partial charge >= 0.3 is 0 Å². The molecule has 1 saturated heterocycles. The SMILES string of the molecule is CCOc1cc(C2/C(=C(/O)c3ccc(Br)cc3)C(=O)C(=O)N2c2cc(C)ccc2O)ccc1OC. The van der Waals surface area contributed by atoms with Gasteiger partial charge < -0.3 is 19.7 Å². The first-order chi connectivity index (χ1) is 16.8. The number of rotatable bonds is 6. The quantitative estimate of drug-likeness (QED) is 0.245. The number of aryl methyl sites for hydroxylation is 1. The van der Waals surface area contributed by atoms with Crippen molar-refractivity contribution in [2.24, 2.45) is 0 Å². The van der Waals surface area contributed by atoms with Crippen molar-refractivity contribution in [3.63, 3.8) is 0 Å². The molecule has 3 aromatic rings. The van der Waals surface area contributed by atoms with E-state index < -0.39 is 17.7 Å². The van der Waals surface area contributed by atoms with Crippen molar-refractivity contribution in [3.05, 3.63) is 87.4 Å². The number of methoxy groups -OCH3 is 1. The summed E-state index contributed by atoms with van der Waals surface area (Å²) in [5.41, 5.74) is 1.75. The third kappa shape index (κ3) is 4.49. The van der Waals surface area contributed by atoms with Gasteiger partial charge in [0.15, 0.2) is 11.5 Å². The Morgan fingerprint density at radius 2 is 1.74 bits per heavy atom. The fourth-order valence-corrected chi connectivity index (χ4v) is 4.38. The van der Waals surface area contributed by atoms with Crippen molar-refractivity contribution in [2.45, 2.75) is 19.9 Å². The second-order valence-corrected chi connectivity index (χ2v) is 8.93. The van der Waals surface area contributed by atoms with Gasteiger partial charge in [0, 0.05) is 10.0 Å². The second-order valence-electron chi connectivity index (χ2n) is 8.01. The van der Waals surface area contributed by atoms with Gasteiger partial charge in [-0.2, -0.15) is 0 Å². The molecule has 2 N–H and O–H groups in total. The molecular formula is C27H24BrNO6. The standard InChI is InChI=1S/C27H24BrNO6/c1-4-35-22-14-17(8-12-21(22)34-3)24-23(25(31)16-6-9-18(28)10-7-16)26(32)27(33)29(24)19-13-15(2)5-11-20(19)30/h5-14,24,30-31H,4H2,1-3H3/b25-23-. The molecule has 4 rings (SSSR count). The number of hydrogen-bond donors (Lipinski definition) is 2. The van der Waals surface area contributed by atoms with Gasteiger partial charge in [0.25, 0.3) is 11.7 Å². The number of carbonyl (C=O) groups is 2. The summed E-state index contributed by atoms with van der Waals surface area (Å²) >= 11 is 3.36. The Hall–Kier alpha value is -3.78. The van der Waals surface area contributed by atoms with E-state index in [1.54, 1.807) is 54.6 Å². The number of Topliss-reactive ketones (excluding diaryl/α,β-unsaturated/α-hetero) is 1. The Balaban J connectivity index is 1.99. The van der Waals surface area contributed by atoms with Gasteiger partial charge in [0.05, 0.1) is 31.0 Å². The number of aromatic hydroxyl groups is 1. The summed E-state index contributed by atoms with van der Waals surface area (Å²) in [5, 5.41) is 21.9. The van der Waals surface area contributed by atoms with Crippen molar-refractivity contribution >= 4 is 39.1 Å². The van der Waals surface area contributed by atoms with Crippen LogP contribution in [0, 0.1) is 6.92 Å². The van der Waals surface area contributed by atoms with Crippen LogP contribution in [0.4, 0.5) is 5.69 Å². The minimum atomic E-state index is -1.02. The number of hydrogen-bond acceptors (Lipinski definition) is 6. The second kappa shape index (κ2) is 9.84. The first kappa shape index (κ1) is 24.3. The largest absolute Gasteiger partial charge is 0.507 e. The van der Waals surface area contributed by atoms with Gasteiger partial charge in [-0.1, -0.05) is 40.2 Å². The maximum absolute atomic E-state index is 13.3. The fourth-order valence-electron chi connectivity index (χ4n) is 4.12. The fraction of sp³-hybridized carbons (Fsp3) is 0.185. The summed E-state index contributed by atoms with van der Waals surface area (Å²) in [6, 6.07) is 15.6. The zero-order valence-corrected chi connectivity index (χ0v) is 21.0. The van der Waals surface area contributed by atoms with E-state index in [1.165, 1.54) is 18.1 Å². The lowest BCUT2D eigenvalue weighted by Gasteiger charge is -2.27. The van der Waals surface area contributed by atoms with Crippen LogP contribution in [0.25, 0.3) is 5.76 Å². The first-order valence-corrected chi connectivity index (χ1v) is 11.7. The molecule has 0 saturated carbocycles. The third-order valence-electron chi connectivity index (χ3n) is 5.76. The van der Waals surface area contributed by atoms with Crippen LogP contribution < -0.4 is 14.4 Å². The van der Waals surface area contributed by atoms with Crippen molar-refractivity contribution < 1.29 is 29.3 Å². The topological polar surface area (TPSA) is 96.3 Å². The summed E-state index contributed by atoms with van der Waals surface area (Å²) < 4.78 is 11.9. The van der Waals surface area contributed by atoms with Crippen LogP contribution in [0.3, 0.4) is 0 Å². The molecule has 1 fully saturated rings. The number of amides is 1. The maximum atomic E-state index is 13.3. The predicted octanol–water partition coefficient (Wildman–Crippen LogP) is 5.50. The van der Waals surface area contributed by atoms with E-state index in [4.69, 9.17) is 9.47 Å². The van der Waals surface area contributed by atoms with Crippen molar-refractivity contribution in [2.75, 3.05) is 18.6 Å². The number of carbonyl (C=O) groups excluding carboxylic acids is 2. The summed E-state index contributed by atoms with van der Waals surface area (Å²) in [6.07, 6.45) is 0. The molecule has 0 aliphatic carbocycles. The molecule has 0 spiro atoms. The summed E-state index contributed by atoms with van der Waals surface area (Å²) in [5.74, 6) is -1.28. The Morgan fingerprint density at radius 3 is 2.40 bits per heavy atom. The Bertz CT molecular complexity index is 1330. The molecule has 0 radical (unpaired) electrons. The number of phenolic OH excluding ortho intramolecular Hbond substituents is 1. The van der Waals surface area contributed by atoms with Crippen molar-refractivity contribution in [1.82, 2.24) is 0 Å². The number of anilines is 1. The Labute approximate surface area is 211 Å². The lowest BCUT2D eigenvalue weighted by molar-refractivity contribution is -0.132. The van der Waals surface area contributed by atoms with E-state index in [1.807, 2.05) is 13.8 Å². The highest BCUT2D eigenvalue weighted by atomic mass is 79.9. The van der Waals surface area contributed by atoms with Gasteiger partial charge in [-0.15, -0.1) is 0 Å². The van der Waals surface area contributed by atoms with Crippen LogP contribution in [0.15, 0.2) is 70.7 Å². The van der Waals surface area contributed by atoms with Crippen LogP contribution in [0.5, 0.6) is 17.2 Å². The van der Waals surface area contributed by atoms with E-state index in [0.717, 1.165) is 10.0 Å². The molecular weight excluding hydrogens is 514 g/mol. The van der Waals surface area contributed by atoms with Crippen LogP contribution in [0.1, 0.15) is 29.7 Å². The molecule has 1 atom stereocenters. The Morgan fingerprint density at radius 1 is 1.03 bits per heavy atom. The van der Waals surface area contributed by atoms with E-state index in [-0.39, 0.29) is 22.8 Å². The lowest BCUT2D eigenvalue weighted by atomic mass is 9.94. The molecule has 0 aromatic heterocycles. The minimum absolute atomic E-state index is 0.0918. The van der Waals surface area contributed by atoms with Gasteiger partial charge in [0.1, 0.15) is 11.5 Å². The summed E-state index contributed by atoms with van der Waals surface area (Å²) in [6.45, 7) is 4.02. The van der Waals surface area contributed by atoms with Gasteiger partial charge in [0.2, 0.25) is 0 Å². The molecule has 1 heterocycles. The number of halogens is 1. The molecule has 7 nitrogen and oxygen atoms in total. The average molecular weight is 538 g/mol. The van der Waals surface area contributed by atoms with Crippen LogP contribution in [0.2, 0.25) is 0 Å². The van der Waals surface area contributed by atoms with E-state index >= 15 is 0 Å². The molecule has 180 valence electrons. The molecule has 1 unspecified atom stereocenters. The predicted molar refractivity (Wildman–Crippen MR) is 136 cm³/mol. The molecule has 1 amide bonds. The minimum Gasteiger partial charge on any atom is -0.507 e. The van der Waals surface area contributed by atoms with Crippen molar-refractivity contribution in [3.8, 4) is 17.2 Å². The highest BCUT2D eigenvalue weighted by molar-refractivity contribution is 9.10. The number of nitrogens with zero attached hydrogens (tertiary/aromatic N) is 1. The van der Waals surface area contributed by atoms with E-state index in [2.05, 4.69) is 15.9 Å². The number of ether oxygens (including phenoxy) is 2. The molecule has 1 aliphatic heterocycles. The molecule has 8 heteroatoms. The number of phenols is 1. The molecule has 3 aromatic carbocycles. The smallest absolute Gasteiger partial charge is 0.300 e. The number of aliphatic hydroxyl groups is 1. The summed E-state index contributed by atoms with van der Waals surface area (Å²) in [7, 11) is 1.52. The third-order valence-corrected chi connectivity index (χ3v) is 6.28. The normalized spacial score (nSPS) is 17.0.